The Balaban J connectivity index is 1.99. The topological polar surface area (TPSA) is 34.2 Å². The van der Waals surface area contributed by atoms with Gasteiger partial charge in [0.05, 0.1) is 5.69 Å². The number of hydrogen-bond acceptors (Lipinski definition) is 3. The Kier molecular flexibility index (Phi) is 5.41. The highest BCUT2D eigenvalue weighted by molar-refractivity contribution is 9.10. The van der Waals surface area contributed by atoms with E-state index in [4.69, 9.17) is 4.74 Å². The average molecular weight is 335 g/mol. The Morgan fingerprint density at radius 1 is 1.25 bits per heavy atom. The van der Waals surface area contributed by atoms with Crippen molar-refractivity contribution in [2.75, 3.05) is 11.9 Å². The predicted octanol–water partition coefficient (Wildman–Crippen LogP) is 4.55. The highest BCUT2D eigenvalue weighted by Crippen LogP contribution is 2.23. The molecule has 0 aliphatic rings. The molecule has 0 saturated heterocycles. The monoisotopic (exact) mass is 334 g/mol. The van der Waals surface area contributed by atoms with E-state index >= 15 is 0 Å². The molecule has 0 unspecified atom stereocenters. The minimum absolute atomic E-state index is 0.476. The lowest BCUT2D eigenvalue weighted by Gasteiger charge is -2.10. The molecule has 0 atom stereocenters. The molecule has 1 aromatic heterocycles. The summed E-state index contributed by atoms with van der Waals surface area (Å²) >= 11 is 3.45. The molecule has 0 aliphatic heterocycles. The molecular formula is C16H19BrN2O. The van der Waals surface area contributed by atoms with Gasteiger partial charge in [-0.1, -0.05) is 22.9 Å². The standard InChI is InChI=1S/C16H19BrN2O/c1-3-7-18-14-6-8-19-15(10-14)11-20-16-5-4-13(17)9-12(16)2/h4-6,8-10H,3,7,11H2,1-2H3,(H,18,19). The van der Waals surface area contributed by atoms with Gasteiger partial charge in [-0.2, -0.15) is 0 Å². The van der Waals surface area contributed by atoms with Gasteiger partial charge in [-0.25, -0.2) is 0 Å². The molecule has 0 fully saturated rings. The van der Waals surface area contributed by atoms with Crippen LogP contribution in [0.1, 0.15) is 24.6 Å². The summed E-state index contributed by atoms with van der Waals surface area (Å²) in [6.45, 7) is 5.63. The van der Waals surface area contributed by atoms with E-state index in [1.807, 2.05) is 43.5 Å². The van der Waals surface area contributed by atoms with Crippen LogP contribution in [0.4, 0.5) is 5.69 Å². The Bertz CT molecular complexity index is 572. The van der Waals surface area contributed by atoms with Gasteiger partial charge in [0.1, 0.15) is 12.4 Å². The molecule has 0 bridgehead atoms. The fraction of sp³-hybridized carbons (Fsp3) is 0.312. The van der Waals surface area contributed by atoms with E-state index in [1.165, 1.54) is 0 Å². The highest BCUT2D eigenvalue weighted by Gasteiger charge is 2.02. The molecule has 1 aromatic carbocycles. The summed E-state index contributed by atoms with van der Waals surface area (Å²) in [4.78, 5) is 4.34. The second kappa shape index (κ2) is 7.29. The largest absolute Gasteiger partial charge is 0.487 e. The van der Waals surface area contributed by atoms with Crippen molar-refractivity contribution in [3.63, 3.8) is 0 Å². The van der Waals surface area contributed by atoms with Gasteiger partial charge in [-0.15, -0.1) is 0 Å². The number of anilines is 1. The summed E-state index contributed by atoms with van der Waals surface area (Å²) in [6.07, 6.45) is 2.91. The third-order valence-electron chi connectivity index (χ3n) is 2.91. The second-order valence-corrected chi connectivity index (χ2v) is 5.58. The lowest BCUT2D eigenvalue weighted by atomic mass is 10.2. The SMILES string of the molecule is CCCNc1ccnc(COc2ccc(Br)cc2C)c1. The highest BCUT2D eigenvalue weighted by atomic mass is 79.9. The van der Waals surface area contributed by atoms with Gasteiger partial charge in [0.15, 0.2) is 0 Å². The predicted molar refractivity (Wildman–Crippen MR) is 86.2 cm³/mol. The van der Waals surface area contributed by atoms with Crippen molar-refractivity contribution < 1.29 is 4.74 Å². The van der Waals surface area contributed by atoms with E-state index in [2.05, 4.69) is 33.2 Å². The van der Waals surface area contributed by atoms with E-state index in [0.29, 0.717) is 6.61 Å². The van der Waals surface area contributed by atoms with Gasteiger partial charge in [0.25, 0.3) is 0 Å². The van der Waals surface area contributed by atoms with E-state index < -0.39 is 0 Å². The summed E-state index contributed by atoms with van der Waals surface area (Å²) in [6, 6.07) is 10.0. The molecule has 106 valence electrons. The maximum absolute atomic E-state index is 5.83. The van der Waals surface area contributed by atoms with Crippen LogP contribution in [-0.2, 0) is 6.61 Å². The molecular weight excluding hydrogens is 316 g/mol. The number of ether oxygens (including phenoxy) is 1. The number of nitrogens with one attached hydrogen (secondary N) is 1. The zero-order chi connectivity index (χ0) is 14.4. The molecule has 1 heterocycles. The summed E-state index contributed by atoms with van der Waals surface area (Å²) in [5, 5.41) is 3.35. The first kappa shape index (κ1) is 14.9. The Hall–Kier alpha value is -1.55. The quantitative estimate of drug-likeness (QED) is 0.841. The van der Waals surface area contributed by atoms with Crippen LogP contribution in [0.25, 0.3) is 0 Å². The van der Waals surface area contributed by atoms with Crippen molar-refractivity contribution >= 4 is 21.6 Å². The Morgan fingerprint density at radius 2 is 2.10 bits per heavy atom. The van der Waals surface area contributed by atoms with E-state index in [0.717, 1.165) is 40.1 Å². The Labute approximate surface area is 128 Å². The maximum atomic E-state index is 5.83. The van der Waals surface area contributed by atoms with E-state index in [9.17, 15) is 0 Å². The van der Waals surface area contributed by atoms with Crippen LogP contribution < -0.4 is 10.1 Å². The average Bonchev–Trinajstić information content (AvgIpc) is 2.45. The van der Waals surface area contributed by atoms with Crippen LogP contribution in [-0.4, -0.2) is 11.5 Å². The van der Waals surface area contributed by atoms with Gasteiger partial charge < -0.3 is 10.1 Å². The van der Waals surface area contributed by atoms with Crippen LogP contribution in [0.15, 0.2) is 41.0 Å². The molecule has 0 amide bonds. The third-order valence-corrected chi connectivity index (χ3v) is 3.40. The number of halogens is 1. The van der Waals surface area contributed by atoms with Crippen molar-refractivity contribution in [3.05, 3.63) is 52.3 Å². The number of benzene rings is 1. The lowest BCUT2D eigenvalue weighted by Crippen LogP contribution is -2.03. The summed E-state index contributed by atoms with van der Waals surface area (Å²) in [5.74, 6) is 0.891. The van der Waals surface area contributed by atoms with E-state index in [-0.39, 0.29) is 0 Å². The molecule has 0 radical (unpaired) electrons. The van der Waals surface area contributed by atoms with Gasteiger partial charge in [0.2, 0.25) is 0 Å². The molecule has 2 rings (SSSR count). The molecule has 0 aliphatic carbocycles. The van der Waals surface area contributed by atoms with Gasteiger partial charge in [-0.05, 0) is 49.2 Å². The molecule has 3 nitrogen and oxygen atoms in total. The van der Waals surface area contributed by atoms with Crippen molar-refractivity contribution in [2.24, 2.45) is 0 Å². The molecule has 2 aromatic rings. The van der Waals surface area contributed by atoms with Crippen LogP contribution in [0.2, 0.25) is 0 Å². The summed E-state index contributed by atoms with van der Waals surface area (Å²) in [5.41, 5.74) is 3.13. The summed E-state index contributed by atoms with van der Waals surface area (Å²) < 4.78 is 6.89. The number of aromatic nitrogens is 1. The third kappa shape index (κ3) is 4.23. The number of nitrogens with zero attached hydrogens (tertiary/aromatic N) is 1. The minimum Gasteiger partial charge on any atom is -0.487 e. The molecule has 4 heteroatoms. The first-order valence-corrected chi connectivity index (χ1v) is 7.56. The van der Waals surface area contributed by atoms with Gasteiger partial charge in [-0.3, -0.25) is 4.98 Å². The molecule has 0 saturated carbocycles. The van der Waals surface area contributed by atoms with Gasteiger partial charge in [0, 0.05) is 22.9 Å². The fourth-order valence-corrected chi connectivity index (χ4v) is 2.34. The fourth-order valence-electron chi connectivity index (χ4n) is 1.86. The minimum atomic E-state index is 0.476. The van der Waals surface area contributed by atoms with Crippen molar-refractivity contribution in [1.29, 1.82) is 0 Å². The smallest absolute Gasteiger partial charge is 0.130 e. The second-order valence-electron chi connectivity index (χ2n) is 4.66. The van der Waals surface area contributed by atoms with Crippen LogP contribution in [0.3, 0.4) is 0 Å². The van der Waals surface area contributed by atoms with Crippen LogP contribution in [0, 0.1) is 6.92 Å². The van der Waals surface area contributed by atoms with E-state index in [1.54, 1.807) is 0 Å². The summed E-state index contributed by atoms with van der Waals surface area (Å²) in [7, 11) is 0. The molecule has 0 spiro atoms. The normalized spacial score (nSPS) is 10.3. The number of pyridine rings is 1. The first-order valence-electron chi connectivity index (χ1n) is 6.77. The van der Waals surface area contributed by atoms with Crippen LogP contribution in [0.5, 0.6) is 5.75 Å². The first-order chi connectivity index (χ1) is 9.69. The lowest BCUT2D eigenvalue weighted by molar-refractivity contribution is 0.299. The van der Waals surface area contributed by atoms with Crippen molar-refractivity contribution in [2.45, 2.75) is 26.9 Å². The molecule has 1 N–H and O–H groups in total. The van der Waals surface area contributed by atoms with Crippen molar-refractivity contribution in [1.82, 2.24) is 4.98 Å². The number of aryl methyl sites for hydroxylation is 1. The molecule has 20 heavy (non-hydrogen) atoms. The zero-order valence-corrected chi connectivity index (χ0v) is 13.4. The van der Waals surface area contributed by atoms with Gasteiger partial charge >= 0.3 is 0 Å². The Morgan fingerprint density at radius 3 is 2.85 bits per heavy atom. The van der Waals surface area contributed by atoms with Crippen LogP contribution >= 0.6 is 15.9 Å². The number of rotatable bonds is 6. The zero-order valence-electron chi connectivity index (χ0n) is 11.8. The number of hydrogen-bond donors (Lipinski definition) is 1. The van der Waals surface area contributed by atoms with Crippen molar-refractivity contribution in [3.8, 4) is 5.75 Å². The maximum Gasteiger partial charge on any atom is 0.130 e.